The van der Waals surface area contributed by atoms with Gasteiger partial charge in [0.15, 0.2) is 5.82 Å². The molecule has 0 spiro atoms. The van der Waals surface area contributed by atoms with Crippen LogP contribution in [0.15, 0.2) is 30.6 Å². The summed E-state index contributed by atoms with van der Waals surface area (Å²) < 4.78 is 1.65. The second-order valence-corrected chi connectivity index (χ2v) is 2.88. The van der Waals surface area contributed by atoms with Crippen molar-refractivity contribution in [3.8, 4) is 5.82 Å². The maximum absolute atomic E-state index is 5.49. The first kappa shape index (κ1) is 11.2. The molecule has 2 N–H and O–H groups in total. The van der Waals surface area contributed by atoms with Gasteiger partial charge in [0.05, 0.1) is 0 Å². The lowest BCUT2D eigenvalue weighted by atomic mass is 10.3. The van der Waals surface area contributed by atoms with Gasteiger partial charge in [-0.3, -0.25) is 0 Å². The van der Waals surface area contributed by atoms with E-state index in [4.69, 9.17) is 5.73 Å². The quantitative estimate of drug-likeness (QED) is 0.774. The van der Waals surface area contributed by atoms with Crippen molar-refractivity contribution in [2.45, 2.75) is 20.8 Å². The van der Waals surface area contributed by atoms with Crippen LogP contribution in [0.1, 0.15) is 19.4 Å². The number of hydrogen-bond acceptors (Lipinski definition) is 3. The number of hydrogen-bond donors (Lipinski definition) is 1. The lowest BCUT2D eigenvalue weighted by Gasteiger charge is -1.99. The molecule has 0 radical (unpaired) electrons. The summed E-state index contributed by atoms with van der Waals surface area (Å²) in [5.74, 6) is 1.28. The Labute approximate surface area is 89.8 Å². The van der Waals surface area contributed by atoms with E-state index in [-0.39, 0.29) is 0 Å². The van der Waals surface area contributed by atoms with Crippen LogP contribution in [0, 0.1) is 6.92 Å². The summed E-state index contributed by atoms with van der Waals surface area (Å²) in [5.41, 5.74) is 6.61. The topological polar surface area (TPSA) is 56.7 Å². The van der Waals surface area contributed by atoms with Crippen molar-refractivity contribution in [2.24, 2.45) is 0 Å². The van der Waals surface area contributed by atoms with Crippen LogP contribution in [0.2, 0.25) is 0 Å². The van der Waals surface area contributed by atoms with Gasteiger partial charge in [0.2, 0.25) is 0 Å². The summed E-state index contributed by atoms with van der Waals surface area (Å²) in [6, 6.07) is 5.63. The number of aryl methyl sites for hydroxylation is 1. The van der Waals surface area contributed by atoms with Gasteiger partial charge in [0, 0.05) is 18.5 Å². The molecule has 4 nitrogen and oxygen atoms in total. The fourth-order valence-electron chi connectivity index (χ4n) is 1.06. The van der Waals surface area contributed by atoms with Gasteiger partial charge < -0.3 is 5.73 Å². The van der Waals surface area contributed by atoms with Crippen LogP contribution in [0.25, 0.3) is 5.82 Å². The number of rotatable bonds is 1. The molecule has 0 saturated carbocycles. The fourth-order valence-corrected chi connectivity index (χ4v) is 1.06. The van der Waals surface area contributed by atoms with E-state index in [0.717, 1.165) is 11.4 Å². The van der Waals surface area contributed by atoms with Crippen molar-refractivity contribution in [1.82, 2.24) is 14.8 Å². The molecule has 2 aromatic heterocycles. The van der Waals surface area contributed by atoms with Gasteiger partial charge in [0.25, 0.3) is 0 Å². The minimum absolute atomic E-state index is 0.502. The standard InChI is InChI=1S/C9H10N4.C2H6/c1-7-2-3-9(11-6-7)13-5-4-8(10)12-13;1-2/h2-6H,1H3,(H2,10,12);1-2H3. The Kier molecular flexibility index (Phi) is 3.85. The largest absolute Gasteiger partial charge is 0.382 e. The third-order valence-electron chi connectivity index (χ3n) is 1.74. The summed E-state index contributed by atoms with van der Waals surface area (Å²) in [6.07, 6.45) is 3.58. The minimum atomic E-state index is 0.502. The number of nitrogens with zero attached hydrogens (tertiary/aromatic N) is 3. The number of anilines is 1. The van der Waals surface area contributed by atoms with Crippen molar-refractivity contribution < 1.29 is 0 Å². The summed E-state index contributed by atoms with van der Waals surface area (Å²) in [5, 5.41) is 4.04. The Balaban J connectivity index is 0.000000531. The van der Waals surface area contributed by atoms with Gasteiger partial charge in [-0.1, -0.05) is 19.9 Å². The fraction of sp³-hybridized carbons (Fsp3) is 0.273. The van der Waals surface area contributed by atoms with E-state index in [0.29, 0.717) is 5.82 Å². The molecule has 0 saturated heterocycles. The van der Waals surface area contributed by atoms with Crippen LogP contribution in [0.5, 0.6) is 0 Å². The number of nitrogen functional groups attached to an aromatic ring is 1. The molecule has 80 valence electrons. The van der Waals surface area contributed by atoms with Gasteiger partial charge in [-0.15, -0.1) is 5.10 Å². The van der Waals surface area contributed by atoms with E-state index in [1.165, 1.54) is 0 Å². The van der Waals surface area contributed by atoms with Crippen LogP contribution in [-0.2, 0) is 0 Å². The zero-order valence-corrected chi connectivity index (χ0v) is 9.31. The zero-order chi connectivity index (χ0) is 11.3. The summed E-state index contributed by atoms with van der Waals surface area (Å²) in [6.45, 7) is 5.99. The van der Waals surface area contributed by atoms with Gasteiger partial charge in [-0.05, 0) is 18.6 Å². The molecule has 0 atom stereocenters. The smallest absolute Gasteiger partial charge is 0.153 e. The zero-order valence-electron chi connectivity index (χ0n) is 9.31. The van der Waals surface area contributed by atoms with Gasteiger partial charge in [0.1, 0.15) is 5.82 Å². The minimum Gasteiger partial charge on any atom is -0.382 e. The molecule has 15 heavy (non-hydrogen) atoms. The van der Waals surface area contributed by atoms with E-state index < -0.39 is 0 Å². The Bertz CT molecular complexity index is 403. The highest BCUT2D eigenvalue weighted by Crippen LogP contribution is 2.05. The van der Waals surface area contributed by atoms with Gasteiger partial charge in [-0.25, -0.2) is 9.67 Å². The molecule has 4 heteroatoms. The average molecular weight is 204 g/mol. The molecule has 0 aliphatic heterocycles. The second kappa shape index (κ2) is 5.14. The predicted molar refractivity (Wildman–Crippen MR) is 61.9 cm³/mol. The number of aromatic nitrogens is 3. The average Bonchev–Trinajstić information content (AvgIpc) is 2.69. The molecule has 0 unspecified atom stereocenters. The third kappa shape index (κ3) is 2.80. The molecular weight excluding hydrogens is 188 g/mol. The Morgan fingerprint density at radius 3 is 2.40 bits per heavy atom. The number of nitrogens with two attached hydrogens (primary N) is 1. The lowest BCUT2D eigenvalue weighted by molar-refractivity contribution is 0.850. The monoisotopic (exact) mass is 204 g/mol. The van der Waals surface area contributed by atoms with Gasteiger partial charge in [-0.2, -0.15) is 0 Å². The summed E-state index contributed by atoms with van der Waals surface area (Å²) in [4.78, 5) is 4.21. The van der Waals surface area contributed by atoms with Crippen LogP contribution in [0.3, 0.4) is 0 Å². The molecule has 2 rings (SSSR count). The van der Waals surface area contributed by atoms with Crippen LogP contribution < -0.4 is 5.73 Å². The number of pyridine rings is 1. The van der Waals surface area contributed by atoms with Crippen molar-refractivity contribution in [3.63, 3.8) is 0 Å². The molecule has 0 bridgehead atoms. The molecule has 0 aliphatic carbocycles. The van der Waals surface area contributed by atoms with Crippen LogP contribution >= 0.6 is 0 Å². The van der Waals surface area contributed by atoms with Crippen molar-refractivity contribution in [1.29, 1.82) is 0 Å². The molecule has 0 fully saturated rings. The van der Waals surface area contributed by atoms with E-state index in [9.17, 15) is 0 Å². The highest BCUT2D eigenvalue weighted by molar-refractivity contribution is 5.30. The van der Waals surface area contributed by atoms with E-state index in [1.807, 2.05) is 32.9 Å². The van der Waals surface area contributed by atoms with Crippen molar-refractivity contribution in [3.05, 3.63) is 36.2 Å². The van der Waals surface area contributed by atoms with E-state index in [2.05, 4.69) is 10.1 Å². The predicted octanol–water partition coefficient (Wildman–Crippen LogP) is 2.18. The summed E-state index contributed by atoms with van der Waals surface area (Å²) in [7, 11) is 0. The second-order valence-electron chi connectivity index (χ2n) is 2.88. The Hall–Kier alpha value is -1.84. The molecule has 0 aromatic carbocycles. The first-order valence-corrected chi connectivity index (χ1v) is 5.00. The molecule has 2 heterocycles. The molecular formula is C11H16N4. The SMILES string of the molecule is CC.Cc1ccc(-n2ccc(N)n2)nc1. The summed E-state index contributed by atoms with van der Waals surface area (Å²) >= 11 is 0. The normalized spacial score (nSPS) is 9.27. The van der Waals surface area contributed by atoms with Gasteiger partial charge >= 0.3 is 0 Å². The van der Waals surface area contributed by atoms with E-state index >= 15 is 0 Å². The molecule has 0 amide bonds. The maximum atomic E-state index is 5.49. The van der Waals surface area contributed by atoms with Crippen LogP contribution in [-0.4, -0.2) is 14.8 Å². The van der Waals surface area contributed by atoms with Crippen molar-refractivity contribution >= 4 is 5.82 Å². The Morgan fingerprint density at radius 2 is 1.93 bits per heavy atom. The van der Waals surface area contributed by atoms with E-state index in [1.54, 1.807) is 23.1 Å². The first-order valence-electron chi connectivity index (χ1n) is 5.00. The van der Waals surface area contributed by atoms with Crippen LogP contribution in [0.4, 0.5) is 5.82 Å². The lowest BCUT2D eigenvalue weighted by Crippen LogP contribution is -1.98. The maximum Gasteiger partial charge on any atom is 0.153 e. The molecule has 0 aliphatic rings. The highest BCUT2D eigenvalue weighted by Gasteiger charge is 1.98. The molecule has 2 aromatic rings. The Morgan fingerprint density at radius 1 is 1.20 bits per heavy atom. The highest BCUT2D eigenvalue weighted by atomic mass is 15.3. The third-order valence-corrected chi connectivity index (χ3v) is 1.74. The van der Waals surface area contributed by atoms with Crippen molar-refractivity contribution in [2.75, 3.05) is 5.73 Å². The first-order chi connectivity index (χ1) is 7.25.